The summed E-state index contributed by atoms with van der Waals surface area (Å²) < 4.78 is 0. The average Bonchev–Trinajstić information content (AvgIpc) is 2.70. The van der Waals surface area contributed by atoms with Crippen LogP contribution in [0.2, 0.25) is 0 Å². The largest absolute Gasteiger partial charge is 0.508 e. The fourth-order valence-electron chi connectivity index (χ4n) is 2.16. The van der Waals surface area contributed by atoms with Gasteiger partial charge in [-0.15, -0.1) is 0 Å². The third-order valence-electron chi connectivity index (χ3n) is 3.78. The number of aliphatic hydroxyl groups excluding tert-OH is 1. The van der Waals surface area contributed by atoms with Gasteiger partial charge in [-0.3, -0.25) is 14.4 Å². The topological polar surface area (TPSA) is 191 Å². The molecule has 0 radical (unpaired) electrons. The van der Waals surface area contributed by atoms with Crippen molar-refractivity contribution in [2.75, 3.05) is 18.9 Å². The molecule has 160 valence electrons. The molecule has 3 atom stereocenters. The van der Waals surface area contributed by atoms with Gasteiger partial charge in [-0.2, -0.15) is 12.6 Å². The van der Waals surface area contributed by atoms with E-state index >= 15 is 0 Å². The predicted octanol–water partition coefficient (Wildman–Crippen LogP) is -2.65. The van der Waals surface area contributed by atoms with E-state index in [9.17, 15) is 34.5 Å². The first-order valence-electron chi connectivity index (χ1n) is 8.53. The van der Waals surface area contributed by atoms with Gasteiger partial charge in [0.2, 0.25) is 17.7 Å². The molecule has 3 amide bonds. The van der Waals surface area contributed by atoms with Crippen molar-refractivity contribution in [3.8, 4) is 5.75 Å². The second kappa shape index (κ2) is 11.9. The number of amides is 3. The first-order chi connectivity index (χ1) is 13.7. The fraction of sp³-hybridized carbons (Fsp3) is 0.412. The predicted molar refractivity (Wildman–Crippen MR) is 105 cm³/mol. The van der Waals surface area contributed by atoms with Crippen LogP contribution in [0.1, 0.15) is 5.56 Å². The number of carbonyl (C=O) groups excluding carboxylic acids is 3. The second-order valence-corrected chi connectivity index (χ2v) is 6.44. The molecule has 8 N–H and O–H groups in total. The number of hydrogen-bond donors (Lipinski definition) is 8. The third-order valence-corrected chi connectivity index (χ3v) is 4.18. The zero-order valence-corrected chi connectivity index (χ0v) is 16.3. The van der Waals surface area contributed by atoms with Crippen LogP contribution in [0.25, 0.3) is 0 Å². The van der Waals surface area contributed by atoms with Crippen molar-refractivity contribution < 1.29 is 34.5 Å². The Kier molecular flexibility index (Phi) is 9.92. The highest BCUT2D eigenvalue weighted by Crippen LogP contribution is 2.11. The van der Waals surface area contributed by atoms with Crippen molar-refractivity contribution >= 4 is 36.3 Å². The minimum Gasteiger partial charge on any atom is -0.508 e. The number of rotatable bonds is 11. The molecule has 0 aliphatic heterocycles. The molecule has 0 aliphatic rings. The molecule has 29 heavy (non-hydrogen) atoms. The molecular formula is C17H24N4O7S. The molecule has 0 saturated heterocycles. The fourth-order valence-corrected chi connectivity index (χ4v) is 2.33. The summed E-state index contributed by atoms with van der Waals surface area (Å²) >= 11 is 3.85. The van der Waals surface area contributed by atoms with E-state index in [0.717, 1.165) is 0 Å². The number of carboxylic acid groups (broad SMARTS) is 1. The van der Waals surface area contributed by atoms with Crippen LogP contribution in [-0.4, -0.2) is 76.0 Å². The minimum atomic E-state index is -1.33. The van der Waals surface area contributed by atoms with Gasteiger partial charge in [0.25, 0.3) is 0 Å². The zero-order valence-electron chi connectivity index (χ0n) is 15.4. The summed E-state index contributed by atoms with van der Waals surface area (Å²) in [6, 6.07) is 2.25. The van der Waals surface area contributed by atoms with Crippen molar-refractivity contribution in [1.29, 1.82) is 0 Å². The maximum absolute atomic E-state index is 12.0. The first kappa shape index (κ1) is 24.2. The molecule has 1 aromatic rings. The van der Waals surface area contributed by atoms with Gasteiger partial charge in [-0.05, 0) is 17.7 Å². The van der Waals surface area contributed by atoms with E-state index in [0.29, 0.717) is 5.56 Å². The summed E-state index contributed by atoms with van der Waals surface area (Å²) in [5, 5.41) is 34.4. The number of phenolic OH excluding ortho intramolecular Hbond substituents is 1. The van der Waals surface area contributed by atoms with Crippen molar-refractivity contribution in [3.63, 3.8) is 0 Å². The van der Waals surface area contributed by atoms with Crippen LogP contribution in [0.5, 0.6) is 5.75 Å². The summed E-state index contributed by atoms with van der Waals surface area (Å²) in [7, 11) is 0. The average molecular weight is 428 g/mol. The Balaban J connectivity index is 2.57. The van der Waals surface area contributed by atoms with Crippen molar-refractivity contribution in [1.82, 2.24) is 16.0 Å². The van der Waals surface area contributed by atoms with Crippen LogP contribution >= 0.6 is 12.6 Å². The summed E-state index contributed by atoms with van der Waals surface area (Å²) in [6.45, 7) is -1.29. The molecule has 1 rings (SSSR count). The summed E-state index contributed by atoms with van der Waals surface area (Å²) in [4.78, 5) is 47.0. The zero-order chi connectivity index (χ0) is 22.0. The quantitative estimate of drug-likeness (QED) is 0.175. The van der Waals surface area contributed by atoms with Crippen LogP contribution in [0.3, 0.4) is 0 Å². The Morgan fingerprint density at radius 2 is 1.66 bits per heavy atom. The van der Waals surface area contributed by atoms with Gasteiger partial charge in [0, 0.05) is 12.2 Å². The molecule has 12 heteroatoms. The molecular weight excluding hydrogens is 404 g/mol. The number of hydrogen-bond acceptors (Lipinski definition) is 8. The van der Waals surface area contributed by atoms with Crippen LogP contribution in [0.4, 0.5) is 0 Å². The summed E-state index contributed by atoms with van der Waals surface area (Å²) in [6.07, 6.45) is -0.0355. The lowest BCUT2D eigenvalue weighted by molar-refractivity contribution is -0.141. The van der Waals surface area contributed by atoms with Gasteiger partial charge in [0.15, 0.2) is 0 Å². The van der Waals surface area contributed by atoms with Gasteiger partial charge < -0.3 is 37.0 Å². The van der Waals surface area contributed by atoms with E-state index in [1.165, 1.54) is 24.3 Å². The van der Waals surface area contributed by atoms with Crippen LogP contribution < -0.4 is 21.7 Å². The van der Waals surface area contributed by atoms with E-state index in [2.05, 4.69) is 28.6 Å². The number of aromatic hydroxyl groups is 1. The summed E-state index contributed by atoms with van der Waals surface area (Å²) in [5.41, 5.74) is 6.03. The van der Waals surface area contributed by atoms with Gasteiger partial charge in [0.05, 0.1) is 19.2 Å². The molecule has 0 bridgehead atoms. The van der Waals surface area contributed by atoms with Gasteiger partial charge in [-0.1, -0.05) is 12.1 Å². The van der Waals surface area contributed by atoms with Gasteiger partial charge in [-0.25, -0.2) is 4.79 Å². The number of carboxylic acids is 1. The Morgan fingerprint density at radius 3 is 2.17 bits per heavy atom. The molecule has 0 fully saturated rings. The number of nitrogens with one attached hydrogen (secondary N) is 3. The van der Waals surface area contributed by atoms with E-state index in [4.69, 9.17) is 5.73 Å². The lowest BCUT2D eigenvalue weighted by Crippen LogP contribution is -2.55. The molecule has 1 aromatic carbocycles. The van der Waals surface area contributed by atoms with E-state index in [-0.39, 0.29) is 17.9 Å². The van der Waals surface area contributed by atoms with Crippen molar-refractivity contribution in [2.45, 2.75) is 24.5 Å². The Morgan fingerprint density at radius 1 is 1.03 bits per heavy atom. The number of aliphatic carboxylic acids is 1. The Bertz CT molecular complexity index is 729. The second-order valence-electron chi connectivity index (χ2n) is 6.08. The number of phenols is 1. The highest BCUT2D eigenvalue weighted by atomic mass is 32.1. The third kappa shape index (κ3) is 8.37. The highest BCUT2D eigenvalue weighted by Gasteiger charge is 2.24. The van der Waals surface area contributed by atoms with Crippen molar-refractivity contribution in [3.05, 3.63) is 29.8 Å². The lowest BCUT2D eigenvalue weighted by atomic mass is 10.1. The molecule has 0 aliphatic carbocycles. The SMILES string of the molecule is NC(CS)C(=O)NC(CO)C(=O)NCC(=O)NC(Cc1ccc(O)cc1)C(=O)O. The Labute approximate surface area is 172 Å². The molecule has 11 nitrogen and oxygen atoms in total. The van der Waals surface area contributed by atoms with Crippen LogP contribution in [0, 0.1) is 0 Å². The smallest absolute Gasteiger partial charge is 0.326 e. The number of nitrogens with two attached hydrogens (primary N) is 1. The monoisotopic (exact) mass is 428 g/mol. The minimum absolute atomic E-state index is 0.0215. The van der Waals surface area contributed by atoms with E-state index < -0.39 is 55.0 Å². The standard InChI is InChI=1S/C17H24N4O7S/c18-11(8-29)15(25)21-13(7-22)16(26)19-6-14(24)20-12(17(27)28)5-9-1-3-10(23)4-2-9/h1-4,11-13,22-23,29H,5-8,18H2,(H,19,26)(H,20,24)(H,21,25)(H,27,28). The lowest BCUT2D eigenvalue weighted by Gasteiger charge is -2.19. The Hall–Kier alpha value is -2.83. The van der Waals surface area contributed by atoms with Gasteiger partial charge >= 0.3 is 5.97 Å². The van der Waals surface area contributed by atoms with Crippen LogP contribution in [-0.2, 0) is 25.6 Å². The molecule has 0 spiro atoms. The van der Waals surface area contributed by atoms with Gasteiger partial charge in [0.1, 0.15) is 17.8 Å². The number of aliphatic hydroxyl groups is 1. The number of benzene rings is 1. The maximum Gasteiger partial charge on any atom is 0.326 e. The van der Waals surface area contributed by atoms with Crippen LogP contribution in [0.15, 0.2) is 24.3 Å². The molecule has 0 aromatic heterocycles. The van der Waals surface area contributed by atoms with Crippen molar-refractivity contribution in [2.24, 2.45) is 5.73 Å². The molecule has 3 unspecified atom stereocenters. The maximum atomic E-state index is 12.0. The normalized spacial score (nSPS) is 13.6. The van der Waals surface area contributed by atoms with E-state index in [1.54, 1.807) is 0 Å². The number of thiol groups is 1. The number of carbonyl (C=O) groups is 4. The highest BCUT2D eigenvalue weighted by molar-refractivity contribution is 7.80. The summed E-state index contributed by atoms with van der Waals surface area (Å²) in [5.74, 6) is -3.54. The first-order valence-corrected chi connectivity index (χ1v) is 9.16. The molecule has 0 heterocycles. The molecule has 0 saturated carbocycles. The van der Waals surface area contributed by atoms with E-state index in [1.807, 2.05) is 0 Å².